The lowest BCUT2D eigenvalue weighted by atomic mass is 10.0. The summed E-state index contributed by atoms with van der Waals surface area (Å²) in [5.74, 6) is 1.66. The smallest absolute Gasteiger partial charge is 0.193 e. The number of benzene rings is 1. The van der Waals surface area contributed by atoms with Crippen molar-refractivity contribution in [2.75, 3.05) is 0 Å². The summed E-state index contributed by atoms with van der Waals surface area (Å²) < 4.78 is 10.9. The molecule has 2 heterocycles. The Hall–Kier alpha value is -1.97. The zero-order valence-corrected chi connectivity index (χ0v) is 11.5. The molecule has 3 nitrogen and oxygen atoms in total. The number of halogens is 1. The molecule has 0 aliphatic rings. The van der Waals surface area contributed by atoms with Crippen molar-refractivity contribution in [3.05, 3.63) is 83.2 Å². The highest BCUT2D eigenvalue weighted by Gasteiger charge is 2.16. The molecule has 102 valence electrons. The average Bonchev–Trinajstić information content (AvgIpc) is 3.12. The van der Waals surface area contributed by atoms with E-state index in [0.717, 1.165) is 17.1 Å². The van der Waals surface area contributed by atoms with Gasteiger partial charge in [-0.15, -0.1) is 0 Å². The molecule has 3 rings (SSSR count). The largest absolute Gasteiger partial charge is 0.467 e. The van der Waals surface area contributed by atoms with Crippen LogP contribution in [0, 0.1) is 0 Å². The first-order valence-corrected chi connectivity index (χ1v) is 6.76. The first-order chi connectivity index (χ1) is 9.83. The molecule has 0 saturated heterocycles. The third-order valence-electron chi connectivity index (χ3n) is 3.07. The number of furan rings is 2. The van der Waals surface area contributed by atoms with E-state index in [1.165, 1.54) is 0 Å². The third-order valence-corrected chi connectivity index (χ3v) is 3.27. The second kappa shape index (κ2) is 5.99. The van der Waals surface area contributed by atoms with Crippen LogP contribution >= 0.6 is 11.6 Å². The molecule has 0 bridgehead atoms. The predicted octanol–water partition coefficient (Wildman–Crippen LogP) is 4.41. The highest BCUT2D eigenvalue weighted by Crippen LogP contribution is 2.23. The number of hydrogen-bond acceptors (Lipinski definition) is 3. The van der Waals surface area contributed by atoms with Crippen molar-refractivity contribution in [2.24, 2.45) is 0 Å². The van der Waals surface area contributed by atoms with Crippen LogP contribution in [0.25, 0.3) is 0 Å². The first-order valence-electron chi connectivity index (χ1n) is 6.39. The zero-order valence-electron chi connectivity index (χ0n) is 10.8. The SMILES string of the molecule is Clc1ccc(CNC(c2ccccc2)c2ccco2)o1. The van der Waals surface area contributed by atoms with E-state index in [9.17, 15) is 0 Å². The van der Waals surface area contributed by atoms with Crippen LogP contribution in [0.3, 0.4) is 0 Å². The Balaban J connectivity index is 1.80. The standard InChI is InChI=1S/C16H14ClNO2/c17-15-9-8-13(20-15)11-18-16(14-7-4-10-19-14)12-5-2-1-3-6-12/h1-10,16,18H,11H2. The Morgan fingerprint density at radius 3 is 2.50 bits per heavy atom. The second-order valence-corrected chi connectivity index (χ2v) is 4.82. The van der Waals surface area contributed by atoms with Crippen molar-refractivity contribution in [1.29, 1.82) is 0 Å². The molecule has 1 unspecified atom stereocenters. The van der Waals surface area contributed by atoms with Crippen molar-refractivity contribution < 1.29 is 8.83 Å². The van der Waals surface area contributed by atoms with Crippen LogP contribution in [-0.2, 0) is 6.54 Å². The molecule has 0 spiro atoms. The van der Waals surface area contributed by atoms with Gasteiger partial charge in [0.1, 0.15) is 11.5 Å². The summed E-state index contributed by atoms with van der Waals surface area (Å²) >= 11 is 5.78. The van der Waals surface area contributed by atoms with Crippen molar-refractivity contribution in [3.63, 3.8) is 0 Å². The Morgan fingerprint density at radius 2 is 1.85 bits per heavy atom. The lowest BCUT2D eigenvalue weighted by molar-refractivity contribution is 0.420. The van der Waals surface area contributed by atoms with Crippen molar-refractivity contribution in [3.8, 4) is 0 Å². The van der Waals surface area contributed by atoms with Crippen molar-refractivity contribution >= 4 is 11.6 Å². The van der Waals surface area contributed by atoms with Gasteiger partial charge in [-0.1, -0.05) is 30.3 Å². The molecule has 3 aromatic rings. The molecule has 4 heteroatoms. The van der Waals surface area contributed by atoms with Crippen LogP contribution in [0.4, 0.5) is 0 Å². The minimum absolute atomic E-state index is 0.0184. The molecule has 1 atom stereocenters. The molecule has 0 radical (unpaired) electrons. The quantitative estimate of drug-likeness (QED) is 0.755. The molecule has 0 aliphatic carbocycles. The Bertz CT molecular complexity index is 646. The average molecular weight is 288 g/mol. The molecule has 1 aromatic carbocycles. The summed E-state index contributed by atoms with van der Waals surface area (Å²) in [4.78, 5) is 0. The monoisotopic (exact) mass is 287 g/mol. The minimum atomic E-state index is -0.0184. The summed E-state index contributed by atoms with van der Waals surface area (Å²) in [6.07, 6.45) is 1.68. The van der Waals surface area contributed by atoms with Crippen LogP contribution in [0.1, 0.15) is 23.1 Å². The van der Waals surface area contributed by atoms with Gasteiger partial charge in [-0.25, -0.2) is 0 Å². The molecule has 0 saturated carbocycles. The fraction of sp³-hybridized carbons (Fsp3) is 0.125. The number of hydrogen-bond donors (Lipinski definition) is 1. The molecule has 2 aromatic heterocycles. The van der Waals surface area contributed by atoms with E-state index < -0.39 is 0 Å². The molecule has 0 fully saturated rings. The van der Waals surface area contributed by atoms with E-state index in [1.54, 1.807) is 12.3 Å². The van der Waals surface area contributed by atoms with Crippen molar-refractivity contribution in [1.82, 2.24) is 5.32 Å². The molecular formula is C16H14ClNO2. The number of nitrogens with one attached hydrogen (secondary N) is 1. The van der Waals surface area contributed by atoms with Gasteiger partial charge in [-0.05, 0) is 41.4 Å². The Labute approximate surface area is 122 Å². The maximum absolute atomic E-state index is 5.78. The second-order valence-electron chi connectivity index (χ2n) is 4.45. The maximum Gasteiger partial charge on any atom is 0.193 e. The van der Waals surface area contributed by atoms with Crippen LogP contribution in [0.5, 0.6) is 0 Å². The highest BCUT2D eigenvalue weighted by molar-refractivity contribution is 6.28. The first kappa shape index (κ1) is 13.0. The van der Waals surface area contributed by atoms with E-state index >= 15 is 0 Å². The summed E-state index contributed by atoms with van der Waals surface area (Å²) in [5.41, 5.74) is 1.14. The van der Waals surface area contributed by atoms with Gasteiger partial charge in [0.05, 0.1) is 18.8 Å². The fourth-order valence-electron chi connectivity index (χ4n) is 2.13. The van der Waals surface area contributed by atoms with Crippen LogP contribution in [0.2, 0.25) is 5.22 Å². The minimum Gasteiger partial charge on any atom is -0.467 e. The van der Waals surface area contributed by atoms with Crippen LogP contribution in [0.15, 0.2) is 69.7 Å². The van der Waals surface area contributed by atoms with Gasteiger partial charge in [0, 0.05) is 0 Å². The van der Waals surface area contributed by atoms with E-state index in [0.29, 0.717) is 11.8 Å². The lowest BCUT2D eigenvalue weighted by Gasteiger charge is -2.16. The Kier molecular flexibility index (Phi) is 3.90. The van der Waals surface area contributed by atoms with Gasteiger partial charge in [0.25, 0.3) is 0 Å². The lowest BCUT2D eigenvalue weighted by Crippen LogP contribution is -2.21. The van der Waals surface area contributed by atoms with Gasteiger partial charge < -0.3 is 8.83 Å². The maximum atomic E-state index is 5.78. The van der Waals surface area contributed by atoms with Gasteiger partial charge in [0.15, 0.2) is 5.22 Å². The molecule has 20 heavy (non-hydrogen) atoms. The molecule has 0 aliphatic heterocycles. The van der Waals surface area contributed by atoms with E-state index in [2.05, 4.69) is 17.4 Å². The van der Waals surface area contributed by atoms with Gasteiger partial charge in [-0.2, -0.15) is 0 Å². The van der Waals surface area contributed by atoms with Gasteiger partial charge >= 0.3 is 0 Å². The molecule has 1 N–H and O–H groups in total. The summed E-state index contributed by atoms with van der Waals surface area (Å²) in [7, 11) is 0. The van der Waals surface area contributed by atoms with Crippen LogP contribution in [-0.4, -0.2) is 0 Å². The van der Waals surface area contributed by atoms with E-state index in [-0.39, 0.29) is 6.04 Å². The summed E-state index contributed by atoms with van der Waals surface area (Å²) in [6.45, 7) is 0.576. The van der Waals surface area contributed by atoms with Crippen molar-refractivity contribution in [2.45, 2.75) is 12.6 Å². The van der Waals surface area contributed by atoms with Gasteiger partial charge in [-0.3, -0.25) is 5.32 Å². The van der Waals surface area contributed by atoms with E-state index in [4.69, 9.17) is 20.4 Å². The van der Waals surface area contributed by atoms with Crippen LogP contribution < -0.4 is 5.32 Å². The normalized spacial score (nSPS) is 12.4. The predicted molar refractivity (Wildman–Crippen MR) is 77.6 cm³/mol. The summed E-state index contributed by atoms with van der Waals surface area (Å²) in [6, 6.07) is 17.6. The topological polar surface area (TPSA) is 38.3 Å². The molecular weight excluding hydrogens is 274 g/mol. The third kappa shape index (κ3) is 2.95. The fourth-order valence-corrected chi connectivity index (χ4v) is 2.30. The number of rotatable bonds is 5. The molecule has 0 amide bonds. The van der Waals surface area contributed by atoms with Gasteiger partial charge in [0.2, 0.25) is 0 Å². The van der Waals surface area contributed by atoms with E-state index in [1.807, 2.05) is 36.4 Å². The Morgan fingerprint density at radius 1 is 1.00 bits per heavy atom. The summed E-state index contributed by atoms with van der Waals surface area (Å²) in [5, 5.41) is 3.82. The highest BCUT2D eigenvalue weighted by atomic mass is 35.5. The zero-order chi connectivity index (χ0) is 13.8.